The monoisotopic (exact) mass is 400 g/mol. The second-order valence-corrected chi connectivity index (χ2v) is 8.18. The predicted molar refractivity (Wildman–Crippen MR) is 106 cm³/mol. The van der Waals surface area contributed by atoms with Crippen molar-refractivity contribution in [2.45, 2.75) is 50.9 Å². The standard InChI is InChI=1S/C21H28N4O4/c26-18(14-5-7-22-8-6-14)11-23-10-13-1-2-16-15(9-13)12-25(21(16)29)17-3-4-19(27)24-20(17)28/h1-2,9,14,17-18,22-23,26H,3-8,10-12H2,(H,24,27,28). The Bertz CT molecular complexity index is 806. The smallest absolute Gasteiger partial charge is 0.255 e. The maximum atomic E-state index is 12.7. The Balaban J connectivity index is 1.33. The highest BCUT2D eigenvalue weighted by Gasteiger charge is 2.39. The minimum Gasteiger partial charge on any atom is -0.392 e. The summed E-state index contributed by atoms with van der Waals surface area (Å²) in [6.45, 7) is 3.46. The van der Waals surface area contributed by atoms with Gasteiger partial charge in [-0.3, -0.25) is 19.7 Å². The first kappa shape index (κ1) is 20.0. The molecule has 156 valence electrons. The van der Waals surface area contributed by atoms with Crippen molar-refractivity contribution in [3.8, 4) is 0 Å². The van der Waals surface area contributed by atoms with E-state index in [4.69, 9.17) is 0 Å². The molecule has 0 radical (unpaired) electrons. The molecule has 3 amide bonds. The molecule has 2 saturated heterocycles. The van der Waals surface area contributed by atoms with Gasteiger partial charge in [0, 0.05) is 31.6 Å². The first-order valence-corrected chi connectivity index (χ1v) is 10.4. The molecule has 29 heavy (non-hydrogen) atoms. The van der Waals surface area contributed by atoms with E-state index in [2.05, 4.69) is 16.0 Å². The fourth-order valence-electron chi connectivity index (χ4n) is 4.50. The second-order valence-electron chi connectivity index (χ2n) is 8.18. The first-order chi connectivity index (χ1) is 14.0. The number of hydrogen-bond donors (Lipinski definition) is 4. The van der Waals surface area contributed by atoms with Crippen LogP contribution in [-0.4, -0.2) is 59.5 Å². The molecule has 0 bridgehead atoms. The fourth-order valence-corrected chi connectivity index (χ4v) is 4.50. The maximum absolute atomic E-state index is 12.7. The van der Waals surface area contributed by atoms with Crippen LogP contribution in [0.5, 0.6) is 0 Å². The second kappa shape index (κ2) is 8.61. The van der Waals surface area contributed by atoms with Gasteiger partial charge in [-0.15, -0.1) is 0 Å². The van der Waals surface area contributed by atoms with Gasteiger partial charge in [0.15, 0.2) is 0 Å². The van der Waals surface area contributed by atoms with E-state index in [0.29, 0.717) is 37.5 Å². The molecular weight excluding hydrogens is 372 g/mol. The molecule has 0 aliphatic carbocycles. The lowest BCUT2D eigenvalue weighted by atomic mass is 9.92. The zero-order valence-corrected chi connectivity index (χ0v) is 16.4. The summed E-state index contributed by atoms with van der Waals surface area (Å²) in [6.07, 6.45) is 2.27. The topological polar surface area (TPSA) is 111 Å². The van der Waals surface area contributed by atoms with Gasteiger partial charge in [-0.25, -0.2) is 0 Å². The summed E-state index contributed by atoms with van der Waals surface area (Å²) >= 11 is 0. The number of imide groups is 1. The summed E-state index contributed by atoms with van der Waals surface area (Å²) in [6, 6.07) is 5.12. The average Bonchev–Trinajstić information content (AvgIpc) is 3.04. The third-order valence-electron chi connectivity index (χ3n) is 6.20. The van der Waals surface area contributed by atoms with E-state index in [1.807, 2.05) is 18.2 Å². The van der Waals surface area contributed by atoms with Crippen LogP contribution in [0.1, 0.15) is 47.2 Å². The Kier molecular flexibility index (Phi) is 5.94. The van der Waals surface area contributed by atoms with Crippen LogP contribution >= 0.6 is 0 Å². The van der Waals surface area contributed by atoms with E-state index in [1.165, 1.54) is 0 Å². The Hall–Kier alpha value is -2.29. The Morgan fingerprint density at radius 3 is 2.72 bits per heavy atom. The lowest BCUT2D eigenvalue weighted by Crippen LogP contribution is -2.52. The summed E-state index contributed by atoms with van der Waals surface area (Å²) in [7, 11) is 0. The molecule has 0 saturated carbocycles. The van der Waals surface area contributed by atoms with Crippen LogP contribution in [0, 0.1) is 5.92 Å². The van der Waals surface area contributed by atoms with Crippen LogP contribution in [0.25, 0.3) is 0 Å². The largest absolute Gasteiger partial charge is 0.392 e. The normalized spacial score (nSPS) is 23.8. The van der Waals surface area contributed by atoms with Crippen molar-refractivity contribution in [1.29, 1.82) is 0 Å². The molecule has 2 unspecified atom stereocenters. The number of aliphatic hydroxyl groups is 1. The number of nitrogens with one attached hydrogen (secondary N) is 3. The van der Waals surface area contributed by atoms with Crippen molar-refractivity contribution >= 4 is 17.7 Å². The van der Waals surface area contributed by atoms with Crippen molar-refractivity contribution in [3.05, 3.63) is 34.9 Å². The van der Waals surface area contributed by atoms with E-state index < -0.39 is 11.9 Å². The summed E-state index contributed by atoms with van der Waals surface area (Å²) in [5.41, 5.74) is 2.56. The molecule has 3 aliphatic rings. The number of piperidine rings is 2. The predicted octanol–water partition coefficient (Wildman–Crippen LogP) is -0.102. The van der Waals surface area contributed by atoms with Crippen molar-refractivity contribution in [1.82, 2.24) is 20.9 Å². The fraction of sp³-hybridized carbons (Fsp3) is 0.571. The molecule has 0 spiro atoms. The minimum absolute atomic E-state index is 0.157. The highest BCUT2D eigenvalue weighted by atomic mass is 16.3. The van der Waals surface area contributed by atoms with Crippen molar-refractivity contribution in [2.24, 2.45) is 5.92 Å². The number of fused-ring (bicyclic) bond motifs is 1. The summed E-state index contributed by atoms with van der Waals surface area (Å²) in [4.78, 5) is 37.8. The van der Waals surface area contributed by atoms with Crippen LogP contribution in [0.2, 0.25) is 0 Å². The molecule has 8 heteroatoms. The number of aliphatic hydroxyl groups excluding tert-OH is 1. The van der Waals surface area contributed by atoms with Gasteiger partial charge >= 0.3 is 0 Å². The number of benzene rings is 1. The van der Waals surface area contributed by atoms with Crippen LogP contribution in [-0.2, 0) is 22.7 Å². The van der Waals surface area contributed by atoms with Crippen LogP contribution in [0.15, 0.2) is 18.2 Å². The Labute approximate surface area is 170 Å². The van der Waals surface area contributed by atoms with E-state index in [0.717, 1.165) is 37.1 Å². The first-order valence-electron chi connectivity index (χ1n) is 10.4. The zero-order chi connectivity index (χ0) is 20.4. The molecular formula is C21H28N4O4. The molecule has 4 N–H and O–H groups in total. The highest BCUT2D eigenvalue weighted by molar-refractivity contribution is 6.05. The summed E-state index contributed by atoms with van der Waals surface area (Å²) in [5.74, 6) is -0.495. The van der Waals surface area contributed by atoms with Gasteiger partial charge in [-0.05, 0) is 55.5 Å². The SMILES string of the molecule is O=C1CCC(N2Cc3cc(CNCC(O)C4CCNCC4)ccc3C2=O)C(=O)N1. The molecule has 4 rings (SSSR count). The van der Waals surface area contributed by atoms with Crippen LogP contribution < -0.4 is 16.0 Å². The lowest BCUT2D eigenvalue weighted by molar-refractivity contribution is -0.136. The summed E-state index contributed by atoms with van der Waals surface area (Å²) < 4.78 is 0. The van der Waals surface area contributed by atoms with E-state index in [1.54, 1.807) is 4.90 Å². The van der Waals surface area contributed by atoms with Gasteiger partial charge in [0.2, 0.25) is 11.8 Å². The molecule has 8 nitrogen and oxygen atoms in total. The number of rotatable bonds is 6. The van der Waals surface area contributed by atoms with Gasteiger partial charge in [0.05, 0.1) is 6.10 Å². The molecule has 1 aromatic carbocycles. The van der Waals surface area contributed by atoms with Gasteiger partial charge in [0.1, 0.15) is 6.04 Å². The molecule has 2 atom stereocenters. The number of nitrogens with zero attached hydrogens (tertiary/aromatic N) is 1. The van der Waals surface area contributed by atoms with Gasteiger partial charge in [-0.2, -0.15) is 0 Å². The minimum atomic E-state index is -0.589. The maximum Gasteiger partial charge on any atom is 0.255 e. The van der Waals surface area contributed by atoms with E-state index in [9.17, 15) is 19.5 Å². The third-order valence-corrected chi connectivity index (χ3v) is 6.20. The average molecular weight is 400 g/mol. The van der Waals surface area contributed by atoms with Gasteiger partial charge < -0.3 is 20.6 Å². The lowest BCUT2D eigenvalue weighted by Gasteiger charge is -2.29. The third kappa shape index (κ3) is 4.34. The molecule has 3 aliphatic heterocycles. The van der Waals surface area contributed by atoms with E-state index in [-0.39, 0.29) is 24.3 Å². The molecule has 2 fully saturated rings. The molecule has 3 heterocycles. The molecule has 1 aromatic rings. The summed E-state index contributed by atoms with van der Waals surface area (Å²) in [5, 5.41) is 19.3. The highest BCUT2D eigenvalue weighted by Crippen LogP contribution is 2.28. The van der Waals surface area contributed by atoms with Crippen molar-refractivity contribution < 1.29 is 19.5 Å². The molecule has 0 aromatic heterocycles. The number of amides is 3. The van der Waals surface area contributed by atoms with Crippen molar-refractivity contribution in [3.63, 3.8) is 0 Å². The van der Waals surface area contributed by atoms with Gasteiger partial charge in [-0.1, -0.05) is 12.1 Å². The number of carbonyl (C=O) groups is 3. The van der Waals surface area contributed by atoms with Gasteiger partial charge in [0.25, 0.3) is 5.91 Å². The van der Waals surface area contributed by atoms with Crippen LogP contribution in [0.4, 0.5) is 0 Å². The van der Waals surface area contributed by atoms with E-state index >= 15 is 0 Å². The zero-order valence-electron chi connectivity index (χ0n) is 16.4. The number of carbonyl (C=O) groups excluding carboxylic acids is 3. The Morgan fingerprint density at radius 2 is 1.97 bits per heavy atom. The Morgan fingerprint density at radius 1 is 1.17 bits per heavy atom. The van der Waals surface area contributed by atoms with Crippen LogP contribution in [0.3, 0.4) is 0 Å². The number of hydrogen-bond acceptors (Lipinski definition) is 6. The van der Waals surface area contributed by atoms with Crippen molar-refractivity contribution in [2.75, 3.05) is 19.6 Å². The quantitative estimate of drug-likeness (QED) is 0.496.